The minimum absolute atomic E-state index is 0.854. The van der Waals surface area contributed by atoms with Gasteiger partial charge in [-0.2, -0.15) is 4.98 Å². The second-order valence-corrected chi connectivity index (χ2v) is 5.67. The summed E-state index contributed by atoms with van der Waals surface area (Å²) in [6.45, 7) is 7.88. The Labute approximate surface area is 126 Å². The molecule has 3 heterocycles. The van der Waals surface area contributed by atoms with E-state index in [1.165, 1.54) is 19.3 Å². The maximum absolute atomic E-state index is 5.36. The highest BCUT2D eigenvalue weighted by atomic mass is 16.5. The van der Waals surface area contributed by atoms with E-state index in [0.717, 1.165) is 64.2 Å². The predicted octanol–water partition coefficient (Wildman–Crippen LogP) is 1.21. The number of morpholine rings is 1. The van der Waals surface area contributed by atoms with Gasteiger partial charge < -0.3 is 15.0 Å². The molecule has 0 atom stereocenters. The van der Waals surface area contributed by atoms with Crippen LogP contribution in [0.1, 0.15) is 19.3 Å². The van der Waals surface area contributed by atoms with Gasteiger partial charge in [-0.05, 0) is 25.3 Å². The third-order valence-corrected chi connectivity index (χ3v) is 4.12. The summed E-state index contributed by atoms with van der Waals surface area (Å²) in [5.74, 6) is 1.80. The van der Waals surface area contributed by atoms with Crippen molar-refractivity contribution in [3.05, 3.63) is 12.3 Å². The lowest BCUT2D eigenvalue weighted by atomic mass is 10.1. The first-order valence-corrected chi connectivity index (χ1v) is 8.04. The summed E-state index contributed by atoms with van der Waals surface area (Å²) < 4.78 is 5.36. The van der Waals surface area contributed by atoms with E-state index >= 15 is 0 Å². The highest BCUT2D eigenvalue weighted by Gasteiger charge is 2.14. The van der Waals surface area contributed by atoms with Crippen LogP contribution in [0, 0.1) is 0 Å². The molecule has 0 radical (unpaired) electrons. The summed E-state index contributed by atoms with van der Waals surface area (Å²) in [6, 6.07) is 1.95. The molecule has 6 nitrogen and oxygen atoms in total. The molecule has 2 fully saturated rings. The first-order chi connectivity index (χ1) is 10.4. The molecule has 0 aromatic carbocycles. The van der Waals surface area contributed by atoms with E-state index in [0.29, 0.717) is 0 Å². The molecular formula is C15H25N5O. The standard InChI is InChI=1S/C15H25N5O/c1-2-7-20(8-3-1)15-17-5-4-14(18-15)16-6-9-19-10-12-21-13-11-19/h4-5H,1-3,6-13H2,(H,16,17,18). The average molecular weight is 291 g/mol. The molecule has 21 heavy (non-hydrogen) atoms. The molecule has 2 aliphatic heterocycles. The smallest absolute Gasteiger partial charge is 0.227 e. The SMILES string of the molecule is c1cc(NCCN2CCOCC2)nc(N2CCCCC2)n1. The molecule has 0 unspecified atom stereocenters. The van der Waals surface area contributed by atoms with Crippen LogP contribution < -0.4 is 10.2 Å². The fraction of sp³-hybridized carbons (Fsp3) is 0.733. The molecule has 2 saturated heterocycles. The summed E-state index contributed by atoms with van der Waals surface area (Å²) >= 11 is 0. The van der Waals surface area contributed by atoms with Gasteiger partial charge >= 0.3 is 0 Å². The summed E-state index contributed by atoms with van der Waals surface area (Å²) in [7, 11) is 0. The monoisotopic (exact) mass is 291 g/mol. The van der Waals surface area contributed by atoms with E-state index in [-0.39, 0.29) is 0 Å². The van der Waals surface area contributed by atoms with Crippen LogP contribution in [-0.4, -0.2) is 67.4 Å². The first kappa shape index (κ1) is 14.5. The number of piperidine rings is 1. The molecule has 2 aliphatic rings. The Bertz CT molecular complexity index is 430. The fourth-order valence-corrected chi connectivity index (χ4v) is 2.86. The second-order valence-electron chi connectivity index (χ2n) is 5.67. The molecule has 6 heteroatoms. The van der Waals surface area contributed by atoms with Gasteiger partial charge in [0.15, 0.2) is 0 Å². The van der Waals surface area contributed by atoms with Crippen molar-refractivity contribution in [3.63, 3.8) is 0 Å². The van der Waals surface area contributed by atoms with Crippen molar-refractivity contribution < 1.29 is 4.74 Å². The van der Waals surface area contributed by atoms with Gasteiger partial charge in [0.05, 0.1) is 13.2 Å². The van der Waals surface area contributed by atoms with E-state index in [2.05, 4.69) is 25.1 Å². The molecular weight excluding hydrogens is 266 g/mol. The third-order valence-electron chi connectivity index (χ3n) is 4.12. The van der Waals surface area contributed by atoms with E-state index in [4.69, 9.17) is 4.74 Å². The number of rotatable bonds is 5. The van der Waals surface area contributed by atoms with Crippen molar-refractivity contribution in [2.75, 3.05) is 62.7 Å². The minimum atomic E-state index is 0.854. The predicted molar refractivity (Wildman–Crippen MR) is 83.8 cm³/mol. The number of nitrogens with zero attached hydrogens (tertiary/aromatic N) is 4. The van der Waals surface area contributed by atoms with Crippen LogP contribution in [0.15, 0.2) is 12.3 Å². The Morgan fingerprint density at radius 3 is 2.71 bits per heavy atom. The number of hydrogen-bond acceptors (Lipinski definition) is 6. The summed E-state index contributed by atoms with van der Waals surface area (Å²) in [6.07, 6.45) is 5.68. The van der Waals surface area contributed by atoms with Gasteiger partial charge in [0.1, 0.15) is 5.82 Å². The molecule has 0 bridgehead atoms. The van der Waals surface area contributed by atoms with Crippen molar-refractivity contribution in [1.29, 1.82) is 0 Å². The van der Waals surface area contributed by atoms with Crippen LogP contribution in [-0.2, 0) is 4.74 Å². The van der Waals surface area contributed by atoms with Gasteiger partial charge in [0.25, 0.3) is 0 Å². The van der Waals surface area contributed by atoms with Crippen LogP contribution in [0.3, 0.4) is 0 Å². The van der Waals surface area contributed by atoms with Gasteiger partial charge in [0.2, 0.25) is 5.95 Å². The van der Waals surface area contributed by atoms with Gasteiger partial charge in [-0.3, -0.25) is 4.90 Å². The van der Waals surface area contributed by atoms with Crippen molar-refractivity contribution >= 4 is 11.8 Å². The average Bonchev–Trinajstić information content (AvgIpc) is 2.57. The number of nitrogens with one attached hydrogen (secondary N) is 1. The molecule has 0 aliphatic carbocycles. The van der Waals surface area contributed by atoms with Crippen molar-refractivity contribution in [3.8, 4) is 0 Å². The lowest BCUT2D eigenvalue weighted by molar-refractivity contribution is 0.0398. The van der Waals surface area contributed by atoms with Crippen LogP contribution in [0.4, 0.5) is 11.8 Å². The Hall–Kier alpha value is -1.40. The summed E-state index contributed by atoms with van der Waals surface area (Å²) in [5, 5.41) is 3.41. The zero-order chi connectivity index (χ0) is 14.3. The Morgan fingerprint density at radius 2 is 1.90 bits per heavy atom. The molecule has 1 aromatic heterocycles. The Morgan fingerprint density at radius 1 is 1.10 bits per heavy atom. The highest BCUT2D eigenvalue weighted by molar-refractivity contribution is 5.41. The van der Waals surface area contributed by atoms with Crippen molar-refractivity contribution in [1.82, 2.24) is 14.9 Å². The van der Waals surface area contributed by atoms with Crippen molar-refractivity contribution in [2.24, 2.45) is 0 Å². The maximum Gasteiger partial charge on any atom is 0.227 e. The molecule has 0 saturated carbocycles. The van der Waals surface area contributed by atoms with E-state index in [1.807, 2.05) is 12.3 Å². The quantitative estimate of drug-likeness (QED) is 0.880. The van der Waals surface area contributed by atoms with E-state index in [1.54, 1.807) is 0 Å². The molecule has 1 N–H and O–H groups in total. The third kappa shape index (κ3) is 4.28. The van der Waals surface area contributed by atoms with Crippen LogP contribution >= 0.6 is 0 Å². The van der Waals surface area contributed by atoms with Crippen LogP contribution in [0.5, 0.6) is 0 Å². The lowest BCUT2D eigenvalue weighted by Gasteiger charge is -2.27. The van der Waals surface area contributed by atoms with Crippen LogP contribution in [0.25, 0.3) is 0 Å². The van der Waals surface area contributed by atoms with Gasteiger partial charge in [-0.15, -0.1) is 0 Å². The van der Waals surface area contributed by atoms with Gasteiger partial charge in [-0.25, -0.2) is 4.98 Å². The molecule has 0 spiro atoms. The van der Waals surface area contributed by atoms with Crippen LogP contribution in [0.2, 0.25) is 0 Å². The Balaban J connectivity index is 1.48. The minimum Gasteiger partial charge on any atom is -0.379 e. The van der Waals surface area contributed by atoms with E-state index in [9.17, 15) is 0 Å². The molecule has 0 amide bonds. The zero-order valence-electron chi connectivity index (χ0n) is 12.6. The summed E-state index contributed by atoms with van der Waals surface area (Å²) in [5.41, 5.74) is 0. The fourth-order valence-electron chi connectivity index (χ4n) is 2.86. The molecule has 116 valence electrons. The normalized spacial score (nSPS) is 20.5. The number of anilines is 2. The Kier molecular flexibility index (Phi) is 5.23. The van der Waals surface area contributed by atoms with E-state index < -0.39 is 0 Å². The maximum atomic E-state index is 5.36. The van der Waals surface area contributed by atoms with Gasteiger partial charge in [0, 0.05) is 45.5 Å². The summed E-state index contributed by atoms with van der Waals surface area (Å²) in [4.78, 5) is 13.8. The zero-order valence-corrected chi connectivity index (χ0v) is 12.6. The lowest BCUT2D eigenvalue weighted by Crippen LogP contribution is -2.39. The number of ether oxygens (including phenoxy) is 1. The number of aromatic nitrogens is 2. The highest BCUT2D eigenvalue weighted by Crippen LogP contribution is 2.16. The molecule has 3 rings (SSSR count). The second kappa shape index (κ2) is 7.56. The topological polar surface area (TPSA) is 53.5 Å². The first-order valence-electron chi connectivity index (χ1n) is 8.04. The molecule has 1 aromatic rings. The largest absolute Gasteiger partial charge is 0.379 e. The van der Waals surface area contributed by atoms with Gasteiger partial charge in [-0.1, -0.05) is 0 Å². The van der Waals surface area contributed by atoms with Crippen molar-refractivity contribution in [2.45, 2.75) is 19.3 Å². The number of hydrogen-bond donors (Lipinski definition) is 1.